The van der Waals surface area contributed by atoms with Gasteiger partial charge in [0.1, 0.15) is 5.65 Å². The van der Waals surface area contributed by atoms with Crippen molar-refractivity contribution in [3.8, 4) is 0 Å². The molecule has 4 heteroatoms. The fraction of sp³-hybridized carbons (Fsp3) is 0.125. The zero-order valence-corrected chi connectivity index (χ0v) is 11.1. The van der Waals surface area contributed by atoms with Crippen molar-refractivity contribution in [1.29, 1.82) is 0 Å². The summed E-state index contributed by atoms with van der Waals surface area (Å²) in [6, 6.07) is 13.5. The molecule has 0 radical (unpaired) electrons. The lowest BCUT2D eigenvalue weighted by Crippen LogP contribution is -2.06. The first-order valence-electron chi connectivity index (χ1n) is 6.40. The van der Waals surface area contributed by atoms with Crippen molar-refractivity contribution in [2.45, 2.75) is 13.3 Å². The molecule has 0 unspecified atom stereocenters. The third kappa shape index (κ3) is 2.16. The molecule has 0 atom stereocenters. The lowest BCUT2D eigenvalue weighted by molar-refractivity contribution is 0.0688. The van der Waals surface area contributed by atoms with Crippen LogP contribution in [-0.2, 0) is 6.42 Å². The van der Waals surface area contributed by atoms with E-state index in [0.717, 1.165) is 11.1 Å². The summed E-state index contributed by atoms with van der Waals surface area (Å²) < 4.78 is 1.65. The van der Waals surface area contributed by atoms with Gasteiger partial charge in [0.15, 0.2) is 5.69 Å². The minimum absolute atomic E-state index is 0.243. The second kappa shape index (κ2) is 4.81. The van der Waals surface area contributed by atoms with Gasteiger partial charge in [0, 0.05) is 12.6 Å². The van der Waals surface area contributed by atoms with Gasteiger partial charge in [-0.05, 0) is 24.1 Å². The molecule has 1 aromatic carbocycles. The van der Waals surface area contributed by atoms with Crippen molar-refractivity contribution in [3.05, 3.63) is 71.2 Å². The number of carboxylic acid groups (broad SMARTS) is 1. The van der Waals surface area contributed by atoms with Crippen LogP contribution in [-0.4, -0.2) is 20.5 Å². The molecule has 0 saturated carbocycles. The van der Waals surface area contributed by atoms with Gasteiger partial charge in [-0.15, -0.1) is 0 Å². The molecule has 0 amide bonds. The van der Waals surface area contributed by atoms with Crippen LogP contribution in [0.4, 0.5) is 0 Å². The van der Waals surface area contributed by atoms with Gasteiger partial charge >= 0.3 is 5.97 Å². The molecule has 1 N–H and O–H groups in total. The highest BCUT2D eigenvalue weighted by atomic mass is 16.4. The number of aromatic nitrogens is 2. The molecule has 3 aromatic rings. The van der Waals surface area contributed by atoms with E-state index in [2.05, 4.69) is 4.98 Å². The van der Waals surface area contributed by atoms with Crippen LogP contribution in [0.2, 0.25) is 0 Å². The van der Waals surface area contributed by atoms with E-state index >= 15 is 0 Å². The van der Waals surface area contributed by atoms with Gasteiger partial charge in [0.05, 0.1) is 5.69 Å². The van der Waals surface area contributed by atoms with E-state index in [0.29, 0.717) is 17.8 Å². The number of imidazole rings is 1. The summed E-state index contributed by atoms with van der Waals surface area (Å²) >= 11 is 0. The first-order chi connectivity index (χ1) is 9.65. The zero-order chi connectivity index (χ0) is 14.1. The van der Waals surface area contributed by atoms with E-state index < -0.39 is 5.97 Å². The van der Waals surface area contributed by atoms with E-state index in [1.54, 1.807) is 10.6 Å². The van der Waals surface area contributed by atoms with Gasteiger partial charge in [0.25, 0.3) is 0 Å². The number of pyridine rings is 1. The average Bonchev–Trinajstić information content (AvgIpc) is 2.77. The highest BCUT2D eigenvalue weighted by Crippen LogP contribution is 2.17. The Kier molecular flexibility index (Phi) is 2.99. The molecule has 100 valence electrons. The summed E-state index contributed by atoms with van der Waals surface area (Å²) in [6.07, 6.45) is 2.32. The number of carbonyl (C=O) groups is 1. The maximum absolute atomic E-state index is 11.5. The van der Waals surface area contributed by atoms with Crippen molar-refractivity contribution in [3.63, 3.8) is 0 Å². The Morgan fingerprint density at radius 2 is 1.95 bits per heavy atom. The maximum atomic E-state index is 11.5. The van der Waals surface area contributed by atoms with Crippen molar-refractivity contribution in [2.75, 3.05) is 0 Å². The number of aryl methyl sites for hydroxylation is 1. The van der Waals surface area contributed by atoms with Crippen LogP contribution in [0, 0.1) is 6.92 Å². The van der Waals surface area contributed by atoms with Crippen LogP contribution in [0.1, 0.15) is 27.3 Å². The van der Waals surface area contributed by atoms with Crippen LogP contribution in [0.5, 0.6) is 0 Å². The molecule has 2 aromatic heterocycles. The summed E-state index contributed by atoms with van der Waals surface area (Å²) in [5.41, 5.74) is 3.56. The number of aromatic carboxylic acids is 1. The zero-order valence-electron chi connectivity index (χ0n) is 11.1. The molecular weight excluding hydrogens is 252 g/mol. The second-order valence-electron chi connectivity index (χ2n) is 4.81. The summed E-state index contributed by atoms with van der Waals surface area (Å²) in [4.78, 5) is 16.0. The molecule has 0 bridgehead atoms. The van der Waals surface area contributed by atoms with Crippen LogP contribution < -0.4 is 0 Å². The first kappa shape index (κ1) is 12.4. The standard InChI is InChI=1S/C16H14N2O2/c1-11-7-8-14-17-13(9-12-5-3-2-4-6-12)15(16(19)20)18(14)10-11/h2-8,10H,9H2,1H3,(H,19,20). The van der Waals surface area contributed by atoms with Crippen molar-refractivity contribution in [1.82, 2.24) is 9.38 Å². The number of fused-ring (bicyclic) bond motifs is 1. The Morgan fingerprint density at radius 1 is 1.20 bits per heavy atom. The Labute approximate surface area is 116 Å². The SMILES string of the molecule is Cc1ccc2nc(Cc3ccccc3)c(C(=O)O)n2c1. The van der Waals surface area contributed by atoms with E-state index in [4.69, 9.17) is 0 Å². The molecule has 0 fully saturated rings. The van der Waals surface area contributed by atoms with E-state index in [9.17, 15) is 9.90 Å². The normalized spacial score (nSPS) is 10.8. The molecule has 0 saturated heterocycles. The van der Waals surface area contributed by atoms with E-state index in [-0.39, 0.29) is 5.69 Å². The minimum atomic E-state index is -0.950. The summed E-state index contributed by atoms with van der Waals surface area (Å²) in [7, 11) is 0. The molecule has 20 heavy (non-hydrogen) atoms. The minimum Gasteiger partial charge on any atom is -0.477 e. The summed E-state index contributed by atoms with van der Waals surface area (Å²) in [5.74, 6) is -0.950. The van der Waals surface area contributed by atoms with Gasteiger partial charge in [-0.1, -0.05) is 36.4 Å². The van der Waals surface area contributed by atoms with Crippen LogP contribution >= 0.6 is 0 Å². The van der Waals surface area contributed by atoms with Gasteiger partial charge in [0.2, 0.25) is 0 Å². The quantitative estimate of drug-likeness (QED) is 0.793. The maximum Gasteiger partial charge on any atom is 0.354 e. The molecular formula is C16H14N2O2. The van der Waals surface area contributed by atoms with E-state index in [1.807, 2.05) is 49.4 Å². The van der Waals surface area contributed by atoms with Crippen LogP contribution in [0.25, 0.3) is 5.65 Å². The fourth-order valence-corrected chi connectivity index (χ4v) is 2.34. The molecule has 3 rings (SSSR count). The largest absolute Gasteiger partial charge is 0.477 e. The van der Waals surface area contributed by atoms with Crippen molar-refractivity contribution >= 4 is 11.6 Å². The molecule has 0 aliphatic heterocycles. The lowest BCUT2D eigenvalue weighted by atomic mass is 10.1. The van der Waals surface area contributed by atoms with Gasteiger partial charge in [-0.25, -0.2) is 9.78 Å². The molecule has 2 heterocycles. The lowest BCUT2D eigenvalue weighted by Gasteiger charge is -2.01. The van der Waals surface area contributed by atoms with Crippen LogP contribution in [0.15, 0.2) is 48.7 Å². The number of benzene rings is 1. The smallest absolute Gasteiger partial charge is 0.354 e. The molecule has 4 nitrogen and oxygen atoms in total. The third-order valence-electron chi connectivity index (χ3n) is 3.26. The Balaban J connectivity index is 2.15. The van der Waals surface area contributed by atoms with Gasteiger partial charge in [-0.3, -0.25) is 4.40 Å². The summed E-state index contributed by atoms with van der Waals surface area (Å²) in [5, 5.41) is 9.46. The second-order valence-corrected chi connectivity index (χ2v) is 4.81. The Morgan fingerprint density at radius 3 is 2.65 bits per heavy atom. The Hall–Kier alpha value is -2.62. The third-order valence-corrected chi connectivity index (χ3v) is 3.26. The predicted molar refractivity (Wildman–Crippen MR) is 76.1 cm³/mol. The fourth-order valence-electron chi connectivity index (χ4n) is 2.34. The average molecular weight is 266 g/mol. The highest BCUT2D eigenvalue weighted by molar-refractivity contribution is 5.88. The van der Waals surface area contributed by atoms with Crippen molar-refractivity contribution in [2.24, 2.45) is 0 Å². The van der Waals surface area contributed by atoms with Crippen LogP contribution in [0.3, 0.4) is 0 Å². The number of hydrogen-bond acceptors (Lipinski definition) is 2. The highest BCUT2D eigenvalue weighted by Gasteiger charge is 2.18. The van der Waals surface area contributed by atoms with Crippen molar-refractivity contribution < 1.29 is 9.90 Å². The van der Waals surface area contributed by atoms with E-state index in [1.165, 1.54) is 0 Å². The molecule has 0 aliphatic rings. The van der Waals surface area contributed by atoms with Gasteiger partial charge < -0.3 is 5.11 Å². The van der Waals surface area contributed by atoms with Gasteiger partial charge in [-0.2, -0.15) is 0 Å². The Bertz CT molecular complexity index is 776. The summed E-state index contributed by atoms with van der Waals surface area (Å²) in [6.45, 7) is 1.93. The number of rotatable bonds is 3. The topological polar surface area (TPSA) is 54.6 Å². The number of nitrogens with zero attached hydrogens (tertiary/aromatic N) is 2. The first-order valence-corrected chi connectivity index (χ1v) is 6.40. The predicted octanol–water partition coefficient (Wildman–Crippen LogP) is 2.93. The monoisotopic (exact) mass is 266 g/mol. The molecule has 0 spiro atoms. The number of hydrogen-bond donors (Lipinski definition) is 1. The number of carboxylic acids is 1. The molecule has 0 aliphatic carbocycles.